The first-order valence-corrected chi connectivity index (χ1v) is 4.66. The van der Waals surface area contributed by atoms with Gasteiger partial charge in [-0.15, -0.1) is 0 Å². The minimum absolute atomic E-state index is 0.0836. The first-order chi connectivity index (χ1) is 6.63. The molecule has 0 heterocycles. The number of halogens is 1. The minimum atomic E-state index is -0.250. The maximum Gasteiger partial charge on any atom is 0.311 e. The second kappa shape index (κ2) is 4.98. The molecule has 1 aromatic rings. The van der Waals surface area contributed by atoms with E-state index in [-0.39, 0.29) is 18.4 Å². The van der Waals surface area contributed by atoms with Gasteiger partial charge in [-0.05, 0) is 12.1 Å². The van der Waals surface area contributed by atoms with Gasteiger partial charge in [0.05, 0.1) is 7.11 Å². The smallest absolute Gasteiger partial charge is 0.311 e. The highest BCUT2D eigenvalue weighted by Gasteiger charge is 2.14. The fourth-order valence-electron chi connectivity index (χ4n) is 1.14. The van der Waals surface area contributed by atoms with Crippen molar-refractivity contribution in [3.63, 3.8) is 0 Å². The van der Waals surface area contributed by atoms with Crippen molar-refractivity contribution in [2.24, 2.45) is 0 Å². The van der Waals surface area contributed by atoms with Gasteiger partial charge in [0.1, 0.15) is 12.5 Å². The number of ether oxygens (including phenoxy) is 1. The van der Waals surface area contributed by atoms with Crippen LogP contribution in [0.15, 0.2) is 24.3 Å². The van der Waals surface area contributed by atoms with Crippen molar-refractivity contribution in [3.8, 4) is 0 Å². The molecule has 1 rings (SSSR count). The minimum Gasteiger partial charge on any atom is -0.469 e. The molecule has 1 atom stereocenters. The average molecular weight is 215 g/mol. The number of quaternary nitrogens is 1. The number of hydrogen-bond acceptors (Lipinski definition) is 2. The van der Waals surface area contributed by atoms with Crippen LogP contribution in [0.3, 0.4) is 0 Å². The summed E-state index contributed by atoms with van der Waals surface area (Å²) < 4.78 is 4.56. The lowest BCUT2D eigenvalue weighted by Gasteiger charge is -2.07. The normalized spacial score (nSPS) is 12.2. The van der Waals surface area contributed by atoms with Crippen molar-refractivity contribution >= 4 is 17.6 Å². The van der Waals surface area contributed by atoms with Crippen LogP contribution in [0.25, 0.3) is 0 Å². The number of carbonyl (C=O) groups excluding carboxylic acids is 1. The maximum absolute atomic E-state index is 11.0. The number of hydrogen-bond donors (Lipinski definition) is 1. The van der Waals surface area contributed by atoms with Crippen LogP contribution in [0.5, 0.6) is 0 Å². The highest BCUT2D eigenvalue weighted by atomic mass is 35.5. The molecule has 1 aromatic carbocycles. The van der Waals surface area contributed by atoms with Gasteiger partial charge in [0, 0.05) is 10.6 Å². The summed E-state index contributed by atoms with van der Waals surface area (Å²) in [6, 6.07) is 7.21. The van der Waals surface area contributed by atoms with E-state index in [1.165, 1.54) is 7.11 Å². The SMILES string of the molecule is COC(=O)C[C@@H]([NH3+])c1ccc(Cl)cc1. The highest BCUT2D eigenvalue weighted by molar-refractivity contribution is 6.30. The molecule has 0 unspecified atom stereocenters. The van der Waals surface area contributed by atoms with Gasteiger partial charge in [0.15, 0.2) is 0 Å². The summed E-state index contributed by atoms with van der Waals surface area (Å²) in [5.74, 6) is -0.250. The van der Waals surface area contributed by atoms with Crippen LogP contribution in [-0.2, 0) is 9.53 Å². The molecule has 0 radical (unpaired) electrons. The Morgan fingerprint density at radius 1 is 1.50 bits per heavy atom. The molecule has 14 heavy (non-hydrogen) atoms. The van der Waals surface area contributed by atoms with Crippen molar-refractivity contribution in [2.45, 2.75) is 12.5 Å². The van der Waals surface area contributed by atoms with Crippen molar-refractivity contribution in [2.75, 3.05) is 7.11 Å². The first-order valence-electron chi connectivity index (χ1n) is 4.29. The second-order valence-electron chi connectivity index (χ2n) is 3.03. The molecular formula is C10H13ClNO2+. The van der Waals surface area contributed by atoms with Gasteiger partial charge in [0.25, 0.3) is 0 Å². The van der Waals surface area contributed by atoms with E-state index in [2.05, 4.69) is 10.5 Å². The summed E-state index contributed by atoms with van der Waals surface area (Å²) in [7, 11) is 1.37. The van der Waals surface area contributed by atoms with E-state index in [4.69, 9.17) is 11.6 Å². The molecule has 3 nitrogen and oxygen atoms in total. The number of carbonyl (C=O) groups is 1. The molecule has 0 saturated carbocycles. The zero-order valence-corrected chi connectivity index (χ0v) is 8.75. The fourth-order valence-corrected chi connectivity index (χ4v) is 1.26. The third-order valence-corrected chi connectivity index (χ3v) is 2.23. The van der Waals surface area contributed by atoms with Crippen LogP contribution in [0.4, 0.5) is 0 Å². The van der Waals surface area contributed by atoms with Crippen molar-refractivity contribution in [1.29, 1.82) is 0 Å². The van der Waals surface area contributed by atoms with Gasteiger partial charge in [0.2, 0.25) is 0 Å². The van der Waals surface area contributed by atoms with Crippen LogP contribution in [0.2, 0.25) is 5.02 Å². The van der Waals surface area contributed by atoms with Gasteiger partial charge in [-0.2, -0.15) is 0 Å². The topological polar surface area (TPSA) is 53.9 Å². The highest BCUT2D eigenvalue weighted by Crippen LogP contribution is 2.15. The molecule has 0 aliphatic rings. The Labute approximate surface area is 87.8 Å². The number of benzene rings is 1. The molecule has 0 aliphatic carbocycles. The Hall–Kier alpha value is -1.06. The average Bonchev–Trinajstić information content (AvgIpc) is 2.18. The third kappa shape index (κ3) is 3.01. The van der Waals surface area contributed by atoms with E-state index in [1.54, 1.807) is 12.1 Å². The lowest BCUT2D eigenvalue weighted by molar-refractivity contribution is -0.425. The molecule has 0 bridgehead atoms. The summed E-state index contributed by atoms with van der Waals surface area (Å²) in [5, 5.41) is 0.680. The summed E-state index contributed by atoms with van der Waals surface area (Å²) >= 11 is 5.74. The Morgan fingerprint density at radius 3 is 2.57 bits per heavy atom. The van der Waals surface area contributed by atoms with Crippen LogP contribution in [0, 0.1) is 0 Å². The summed E-state index contributed by atoms with van der Waals surface area (Å²) in [4.78, 5) is 11.0. The number of rotatable bonds is 3. The van der Waals surface area contributed by atoms with Gasteiger partial charge in [-0.1, -0.05) is 23.7 Å². The van der Waals surface area contributed by atoms with Crippen LogP contribution in [-0.4, -0.2) is 13.1 Å². The van der Waals surface area contributed by atoms with E-state index < -0.39 is 0 Å². The molecule has 76 valence electrons. The Kier molecular flexibility index (Phi) is 3.92. The number of methoxy groups -OCH3 is 1. The Morgan fingerprint density at radius 2 is 2.07 bits per heavy atom. The van der Waals surface area contributed by atoms with E-state index in [9.17, 15) is 4.79 Å². The maximum atomic E-state index is 11.0. The van der Waals surface area contributed by atoms with Crippen LogP contribution < -0.4 is 5.73 Å². The molecule has 0 saturated heterocycles. The summed E-state index contributed by atoms with van der Waals surface area (Å²) in [5.41, 5.74) is 4.87. The van der Waals surface area contributed by atoms with E-state index in [0.29, 0.717) is 5.02 Å². The second-order valence-corrected chi connectivity index (χ2v) is 3.47. The van der Waals surface area contributed by atoms with Gasteiger partial charge < -0.3 is 10.5 Å². The van der Waals surface area contributed by atoms with Crippen molar-refractivity contribution in [1.82, 2.24) is 0 Å². The third-order valence-electron chi connectivity index (χ3n) is 1.98. The van der Waals surface area contributed by atoms with E-state index in [0.717, 1.165) is 5.56 Å². The lowest BCUT2D eigenvalue weighted by Crippen LogP contribution is -2.54. The summed E-state index contributed by atoms with van der Waals surface area (Å²) in [6.45, 7) is 0. The molecule has 0 aromatic heterocycles. The van der Waals surface area contributed by atoms with Gasteiger partial charge in [-0.25, -0.2) is 0 Å². The molecular weight excluding hydrogens is 202 g/mol. The lowest BCUT2D eigenvalue weighted by atomic mass is 10.1. The molecule has 0 fully saturated rings. The van der Waals surface area contributed by atoms with Crippen LogP contribution >= 0.6 is 11.6 Å². The number of esters is 1. The fraction of sp³-hybridized carbons (Fsp3) is 0.300. The standard InChI is InChI=1S/C10H12ClNO2/c1-14-10(13)6-9(12)7-2-4-8(11)5-3-7/h2-5,9H,6,12H2,1H3/p+1/t9-/m1/s1. The van der Waals surface area contributed by atoms with E-state index >= 15 is 0 Å². The molecule has 4 heteroatoms. The van der Waals surface area contributed by atoms with Crippen LogP contribution in [0.1, 0.15) is 18.0 Å². The molecule has 0 amide bonds. The molecule has 3 N–H and O–H groups in total. The predicted octanol–water partition coefficient (Wildman–Crippen LogP) is 1.19. The quantitative estimate of drug-likeness (QED) is 0.769. The largest absolute Gasteiger partial charge is 0.469 e. The molecule has 0 spiro atoms. The Balaban J connectivity index is 2.65. The predicted molar refractivity (Wildman–Crippen MR) is 53.7 cm³/mol. The van der Waals surface area contributed by atoms with Crippen molar-refractivity contribution in [3.05, 3.63) is 34.9 Å². The molecule has 0 aliphatic heterocycles. The Bertz CT molecular complexity index is 310. The zero-order chi connectivity index (χ0) is 10.6. The van der Waals surface area contributed by atoms with Crippen molar-refractivity contribution < 1.29 is 15.3 Å². The summed E-state index contributed by atoms with van der Waals surface area (Å²) in [6.07, 6.45) is 0.290. The van der Waals surface area contributed by atoms with Gasteiger partial charge >= 0.3 is 5.97 Å². The zero-order valence-electron chi connectivity index (χ0n) is 8.00. The van der Waals surface area contributed by atoms with E-state index in [1.807, 2.05) is 12.1 Å². The first kappa shape index (κ1) is 11.0. The monoisotopic (exact) mass is 214 g/mol. The van der Waals surface area contributed by atoms with Gasteiger partial charge in [-0.3, -0.25) is 4.79 Å².